The molecule has 0 amide bonds. The Balaban J connectivity index is 1.76. The summed E-state index contributed by atoms with van der Waals surface area (Å²) in [6.45, 7) is 2.01. The predicted octanol–water partition coefficient (Wildman–Crippen LogP) is 2.88. The fourth-order valence-corrected chi connectivity index (χ4v) is 2.72. The van der Waals surface area contributed by atoms with E-state index >= 15 is 0 Å². The van der Waals surface area contributed by atoms with Gasteiger partial charge in [0.1, 0.15) is 0 Å². The molecule has 20 heavy (non-hydrogen) atoms. The van der Waals surface area contributed by atoms with Gasteiger partial charge in [-0.05, 0) is 19.1 Å². The third kappa shape index (κ3) is 2.79. The fraction of sp³-hybridized carbons (Fsp3) is 0.200. The van der Waals surface area contributed by atoms with E-state index in [9.17, 15) is 0 Å². The van der Waals surface area contributed by atoms with E-state index in [0.717, 1.165) is 28.4 Å². The molecule has 0 bridgehead atoms. The van der Waals surface area contributed by atoms with Crippen molar-refractivity contribution in [2.24, 2.45) is 5.73 Å². The van der Waals surface area contributed by atoms with E-state index in [1.54, 1.807) is 11.3 Å². The normalized spacial score (nSPS) is 12.5. The Hall–Kier alpha value is -1.98. The second-order valence-electron chi connectivity index (χ2n) is 4.72. The van der Waals surface area contributed by atoms with E-state index in [4.69, 9.17) is 5.73 Å². The first-order valence-corrected chi connectivity index (χ1v) is 7.37. The van der Waals surface area contributed by atoms with Crippen molar-refractivity contribution in [1.82, 2.24) is 14.8 Å². The molecule has 1 aromatic carbocycles. The molecular formula is C15H16N4S. The molecule has 0 aliphatic rings. The molecule has 0 radical (unpaired) electrons. The molecule has 0 spiro atoms. The number of aromatic nitrogens is 3. The molecule has 1 unspecified atom stereocenters. The largest absolute Gasteiger partial charge is 0.324 e. The van der Waals surface area contributed by atoms with Gasteiger partial charge in [0.15, 0.2) is 0 Å². The Kier molecular flexibility index (Phi) is 3.62. The van der Waals surface area contributed by atoms with Gasteiger partial charge in [0.25, 0.3) is 0 Å². The summed E-state index contributed by atoms with van der Waals surface area (Å²) in [5.74, 6) is 0. The number of para-hydroxylation sites is 1. The number of hydrogen-bond donors (Lipinski definition) is 1. The van der Waals surface area contributed by atoms with Crippen molar-refractivity contribution in [1.29, 1.82) is 0 Å². The first-order chi connectivity index (χ1) is 9.72. The van der Waals surface area contributed by atoms with Crippen LogP contribution in [0.4, 0.5) is 0 Å². The molecule has 1 atom stereocenters. The number of nitrogens with two attached hydrogens (primary N) is 1. The molecule has 3 aromatic rings. The second-order valence-corrected chi connectivity index (χ2v) is 5.78. The van der Waals surface area contributed by atoms with E-state index in [1.165, 1.54) is 0 Å². The average Bonchev–Trinajstić information content (AvgIpc) is 3.09. The van der Waals surface area contributed by atoms with Crippen molar-refractivity contribution in [3.63, 3.8) is 0 Å². The minimum absolute atomic E-state index is 0.0750. The van der Waals surface area contributed by atoms with Crippen molar-refractivity contribution >= 4 is 11.3 Å². The Bertz CT molecular complexity index is 687. The topological polar surface area (TPSA) is 56.7 Å². The van der Waals surface area contributed by atoms with Crippen LogP contribution in [0.3, 0.4) is 0 Å². The summed E-state index contributed by atoms with van der Waals surface area (Å²) in [5, 5.41) is 7.52. The van der Waals surface area contributed by atoms with E-state index in [-0.39, 0.29) is 6.04 Å². The minimum Gasteiger partial charge on any atom is -0.324 e. The Labute approximate surface area is 121 Å². The monoisotopic (exact) mass is 284 g/mol. The quantitative estimate of drug-likeness (QED) is 0.801. The summed E-state index contributed by atoms with van der Waals surface area (Å²) < 4.78 is 1.85. The summed E-state index contributed by atoms with van der Waals surface area (Å²) in [5.41, 5.74) is 9.35. The fourth-order valence-electron chi connectivity index (χ4n) is 2.10. The van der Waals surface area contributed by atoms with E-state index in [1.807, 2.05) is 54.3 Å². The molecule has 0 aliphatic carbocycles. The van der Waals surface area contributed by atoms with Crippen molar-refractivity contribution in [2.75, 3.05) is 0 Å². The van der Waals surface area contributed by atoms with Gasteiger partial charge in [-0.2, -0.15) is 5.10 Å². The molecule has 2 N–H and O–H groups in total. The summed E-state index contributed by atoms with van der Waals surface area (Å²) in [7, 11) is 0. The van der Waals surface area contributed by atoms with Crippen LogP contribution < -0.4 is 5.73 Å². The lowest BCUT2D eigenvalue weighted by Crippen LogP contribution is -2.12. The van der Waals surface area contributed by atoms with Crippen LogP contribution in [0.2, 0.25) is 0 Å². The standard InChI is InChI=1S/C15H16N4S/c1-11-18-13(10-20-11)7-15(16)12-8-17-19(9-12)14-5-3-2-4-6-14/h2-6,8-10,15H,7,16H2,1H3. The van der Waals surface area contributed by atoms with E-state index in [2.05, 4.69) is 15.5 Å². The first-order valence-electron chi connectivity index (χ1n) is 6.49. The highest BCUT2D eigenvalue weighted by atomic mass is 32.1. The summed E-state index contributed by atoms with van der Waals surface area (Å²) in [6, 6.07) is 9.94. The highest BCUT2D eigenvalue weighted by Gasteiger charge is 2.12. The molecule has 2 aromatic heterocycles. The van der Waals surface area contributed by atoms with Crippen LogP contribution in [0, 0.1) is 6.92 Å². The van der Waals surface area contributed by atoms with Crippen LogP contribution in [0.15, 0.2) is 48.1 Å². The van der Waals surface area contributed by atoms with Gasteiger partial charge in [-0.15, -0.1) is 11.3 Å². The molecule has 5 heteroatoms. The van der Waals surface area contributed by atoms with Crippen molar-refractivity contribution in [2.45, 2.75) is 19.4 Å². The maximum Gasteiger partial charge on any atom is 0.0897 e. The molecule has 0 saturated heterocycles. The minimum atomic E-state index is -0.0750. The first kappa shape index (κ1) is 13.0. The van der Waals surface area contributed by atoms with Gasteiger partial charge in [0.05, 0.1) is 22.6 Å². The zero-order chi connectivity index (χ0) is 13.9. The average molecular weight is 284 g/mol. The molecule has 0 saturated carbocycles. The lowest BCUT2D eigenvalue weighted by Gasteiger charge is -2.06. The highest BCUT2D eigenvalue weighted by Crippen LogP contribution is 2.18. The smallest absolute Gasteiger partial charge is 0.0897 e. The van der Waals surface area contributed by atoms with Crippen LogP contribution in [0.1, 0.15) is 22.3 Å². The van der Waals surface area contributed by atoms with Gasteiger partial charge in [0.2, 0.25) is 0 Å². The van der Waals surface area contributed by atoms with Crippen LogP contribution in [0.5, 0.6) is 0 Å². The van der Waals surface area contributed by atoms with Crippen LogP contribution in [-0.2, 0) is 6.42 Å². The zero-order valence-electron chi connectivity index (χ0n) is 11.2. The zero-order valence-corrected chi connectivity index (χ0v) is 12.0. The Morgan fingerprint density at radius 3 is 2.80 bits per heavy atom. The molecule has 2 heterocycles. The Morgan fingerprint density at radius 1 is 1.30 bits per heavy atom. The number of nitrogens with zero attached hydrogens (tertiary/aromatic N) is 3. The lowest BCUT2D eigenvalue weighted by molar-refractivity contribution is 0.708. The third-order valence-corrected chi connectivity index (χ3v) is 3.97. The van der Waals surface area contributed by atoms with Crippen LogP contribution in [-0.4, -0.2) is 14.8 Å². The molecule has 0 aliphatic heterocycles. The van der Waals surface area contributed by atoms with Gasteiger partial charge < -0.3 is 5.73 Å². The van der Waals surface area contributed by atoms with Crippen LogP contribution in [0.25, 0.3) is 5.69 Å². The number of aryl methyl sites for hydroxylation is 1. The summed E-state index contributed by atoms with van der Waals surface area (Å²) >= 11 is 1.66. The summed E-state index contributed by atoms with van der Waals surface area (Å²) in [6.07, 6.45) is 4.56. The highest BCUT2D eigenvalue weighted by molar-refractivity contribution is 7.09. The summed E-state index contributed by atoms with van der Waals surface area (Å²) in [4.78, 5) is 4.45. The predicted molar refractivity (Wildman–Crippen MR) is 81.0 cm³/mol. The van der Waals surface area contributed by atoms with Gasteiger partial charge in [-0.3, -0.25) is 0 Å². The van der Waals surface area contributed by atoms with Gasteiger partial charge in [-0.1, -0.05) is 18.2 Å². The van der Waals surface area contributed by atoms with E-state index < -0.39 is 0 Å². The molecule has 0 fully saturated rings. The van der Waals surface area contributed by atoms with Crippen LogP contribution >= 0.6 is 11.3 Å². The number of thiazole rings is 1. The van der Waals surface area contributed by atoms with E-state index in [0.29, 0.717) is 0 Å². The van der Waals surface area contributed by atoms with Gasteiger partial charge in [0, 0.05) is 29.6 Å². The SMILES string of the molecule is Cc1nc(CC(N)c2cnn(-c3ccccc3)c2)cs1. The maximum absolute atomic E-state index is 6.24. The molecule has 102 valence electrons. The van der Waals surface area contributed by atoms with Gasteiger partial charge >= 0.3 is 0 Å². The molecular weight excluding hydrogens is 268 g/mol. The molecule has 3 rings (SSSR count). The van der Waals surface area contributed by atoms with Crippen molar-refractivity contribution < 1.29 is 0 Å². The maximum atomic E-state index is 6.24. The lowest BCUT2D eigenvalue weighted by atomic mass is 10.1. The Morgan fingerprint density at radius 2 is 2.10 bits per heavy atom. The van der Waals surface area contributed by atoms with Crippen molar-refractivity contribution in [3.05, 3.63) is 64.4 Å². The van der Waals surface area contributed by atoms with Crippen molar-refractivity contribution in [3.8, 4) is 5.69 Å². The number of rotatable bonds is 4. The number of hydrogen-bond acceptors (Lipinski definition) is 4. The number of benzene rings is 1. The molecule has 4 nitrogen and oxygen atoms in total. The second kappa shape index (κ2) is 5.56. The van der Waals surface area contributed by atoms with Gasteiger partial charge in [-0.25, -0.2) is 9.67 Å². The third-order valence-electron chi connectivity index (χ3n) is 3.15.